The van der Waals surface area contributed by atoms with Gasteiger partial charge in [-0.1, -0.05) is 0 Å². The van der Waals surface area contributed by atoms with Crippen molar-refractivity contribution in [3.8, 4) is 5.75 Å². The SMILES string of the molecule is CN(C)c1ccc(NC(=O)CSc2sc3c(O)cc(=O)[nH]c3c2C(N)=O)cc1. The largest absolute Gasteiger partial charge is 0.506 e. The van der Waals surface area contributed by atoms with E-state index in [1.54, 1.807) is 12.1 Å². The topological polar surface area (TPSA) is 129 Å². The van der Waals surface area contributed by atoms with Crippen LogP contribution in [0, 0.1) is 0 Å². The van der Waals surface area contributed by atoms with Crippen molar-refractivity contribution in [2.24, 2.45) is 5.73 Å². The Hall–Kier alpha value is -2.98. The fourth-order valence-electron chi connectivity index (χ4n) is 2.56. The molecule has 5 N–H and O–H groups in total. The molecule has 2 heterocycles. The van der Waals surface area contributed by atoms with Crippen LogP contribution in [0.1, 0.15) is 10.4 Å². The monoisotopic (exact) mass is 418 g/mol. The first-order valence-electron chi connectivity index (χ1n) is 8.15. The first kappa shape index (κ1) is 19.8. The van der Waals surface area contributed by atoms with Crippen LogP contribution in [0.4, 0.5) is 11.4 Å². The highest BCUT2D eigenvalue weighted by molar-refractivity contribution is 8.02. The predicted octanol–water partition coefficient (Wildman–Crippen LogP) is 2.19. The van der Waals surface area contributed by atoms with Crippen molar-refractivity contribution in [3.05, 3.63) is 46.2 Å². The average molecular weight is 419 g/mol. The molecule has 0 fully saturated rings. The molecule has 0 bridgehead atoms. The fraction of sp³-hybridized carbons (Fsp3) is 0.167. The molecule has 2 aromatic heterocycles. The lowest BCUT2D eigenvalue weighted by Gasteiger charge is -2.13. The van der Waals surface area contributed by atoms with E-state index in [1.807, 2.05) is 31.1 Å². The van der Waals surface area contributed by atoms with Gasteiger partial charge in [-0.25, -0.2) is 0 Å². The summed E-state index contributed by atoms with van der Waals surface area (Å²) in [5.41, 5.74) is 6.85. The molecule has 28 heavy (non-hydrogen) atoms. The number of pyridine rings is 1. The van der Waals surface area contributed by atoms with E-state index in [0.717, 1.165) is 34.9 Å². The third kappa shape index (κ3) is 4.12. The summed E-state index contributed by atoms with van der Waals surface area (Å²) < 4.78 is 0.799. The van der Waals surface area contributed by atoms with Crippen molar-refractivity contribution < 1.29 is 14.7 Å². The number of aromatic amines is 1. The number of amides is 2. The Kier molecular flexibility index (Phi) is 5.61. The molecule has 0 saturated heterocycles. The van der Waals surface area contributed by atoms with Gasteiger partial charge in [-0.15, -0.1) is 23.1 Å². The van der Waals surface area contributed by atoms with Crippen LogP contribution in [-0.4, -0.2) is 41.8 Å². The summed E-state index contributed by atoms with van der Waals surface area (Å²) >= 11 is 2.21. The number of primary amides is 1. The number of nitrogens with zero attached hydrogens (tertiary/aromatic N) is 1. The Bertz CT molecular complexity index is 1100. The number of H-pyrrole nitrogens is 1. The zero-order valence-corrected chi connectivity index (χ0v) is 16.7. The van der Waals surface area contributed by atoms with Gasteiger partial charge in [-0.05, 0) is 24.3 Å². The van der Waals surface area contributed by atoms with Crippen LogP contribution >= 0.6 is 23.1 Å². The van der Waals surface area contributed by atoms with Gasteiger partial charge < -0.3 is 26.0 Å². The molecular formula is C18H18N4O4S2. The van der Waals surface area contributed by atoms with Crippen molar-refractivity contribution in [3.63, 3.8) is 0 Å². The average Bonchev–Trinajstić information content (AvgIpc) is 2.99. The molecule has 0 aliphatic heterocycles. The van der Waals surface area contributed by atoms with Crippen LogP contribution in [0.15, 0.2) is 39.3 Å². The third-order valence-electron chi connectivity index (χ3n) is 3.87. The molecule has 146 valence electrons. The Morgan fingerprint density at radius 1 is 1.29 bits per heavy atom. The summed E-state index contributed by atoms with van der Waals surface area (Å²) in [6.45, 7) is 0. The Morgan fingerprint density at radius 3 is 2.57 bits per heavy atom. The van der Waals surface area contributed by atoms with Crippen LogP contribution in [0.3, 0.4) is 0 Å². The van der Waals surface area contributed by atoms with Crippen molar-refractivity contribution in [1.82, 2.24) is 4.98 Å². The molecule has 0 unspecified atom stereocenters. The number of aromatic nitrogens is 1. The smallest absolute Gasteiger partial charge is 0.252 e. The summed E-state index contributed by atoms with van der Waals surface area (Å²) in [4.78, 5) is 40.2. The highest BCUT2D eigenvalue weighted by Gasteiger charge is 2.21. The highest BCUT2D eigenvalue weighted by atomic mass is 32.2. The van der Waals surface area contributed by atoms with Crippen LogP contribution in [0.2, 0.25) is 0 Å². The second-order valence-electron chi connectivity index (χ2n) is 6.13. The zero-order valence-electron chi connectivity index (χ0n) is 15.1. The van der Waals surface area contributed by atoms with Gasteiger partial charge in [0.1, 0.15) is 5.75 Å². The Labute approximate surface area is 168 Å². The quantitative estimate of drug-likeness (QED) is 0.454. The fourth-order valence-corrected chi connectivity index (χ4v) is 4.81. The van der Waals surface area contributed by atoms with E-state index in [1.165, 1.54) is 0 Å². The second kappa shape index (κ2) is 7.95. The van der Waals surface area contributed by atoms with Gasteiger partial charge in [0.2, 0.25) is 5.91 Å². The van der Waals surface area contributed by atoms with E-state index in [2.05, 4.69) is 10.3 Å². The number of aromatic hydroxyl groups is 1. The van der Waals surface area contributed by atoms with E-state index in [-0.39, 0.29) is 28.5 Å². The second-order valence-corrected chi connectivity index (χ2v) is 8.39. The van der Waals surface area contributed by atoms with Crippen LogP contribution in [-0.2, 0) is 4.79 Å². The maximum Gasteiger partial charge on any atom is 0.252 e. The number of fused-ring (bicyclic) bond motifs is 1. The van der Waals surface area contributed by atoms with E-state index in [0.29, 0.717) is 14.6 Å². The molecule has 0 aliphatic carbocycles. The Balaban J connectivity index is 1.76. The molecule has 0 aliphatic rings. The minimum atomic E-state index is -0.741. The van der Waals surface area contributed by atoms with E-state index in [9.17, 15) is 19.5 Å². The van der Waals surface area contributed by atoms with Crippen molar-refractivity contribution in [1.29, 1.82) is 0 Å². The molecule has 8 nitrogen and oxygen atoms in total. The molecule has 0 atom stereocenters. The minimum absolute atomic E-state index is 0.0352. The molecule has 0 radical (unpaired) electrons. The predicted molar refractivity (Wildman–Crippen MR) is 113 cm³/mol. The lowest BCUT2D eigenvalue weighted by Crippen LogP contribution is -2.16. The molecular weight excluding hydrogens is 400 g/mol. The number of hydrogen-bond donors (Lipinski definition) is 4. The lowest BCUT2D eigenvalue weighted by molar-refractivity contribution is -0.113. The number of nitrogens with two attached hydrogens (primary N) is 1. The van der Waals surface area contributed by atoms with Gasteiger partial charge in [0, 0.05) is 31.5 Å². The number of carbonyl (C=O) groups excluding carboxylic acids is 2. The maximum atomic E-state index is 12.3. The van der Waals surface area contributed by atoms with Crippen LogP contribution < -0.4 is 21.5 Å². The van der Waals surface area contributed by atoms with E-state index < -0.39 is 11.5 Å². The number of thioether (sulfide) groups is 1. The maximum absolute atomic E-state index is 12.3. The lowest BCUT2D eigenvalue weighted by atomic mass is 10.2. The van der Waals surface area contributed by atoms with Crippen molar-refractivity contribution in [2.45, 2.75) is 4.21 Å². The molecule has 1 aromatic carbocycles. The highest BCUT2D eigenvalue weighted by Crippen LogP contribution is 2.40. The van der Waals surface area contributed by atoms with Crippen molar-refractivity contribution in [2.75, 3.05) is 30.1 Å². The number of thiophene rings is 1. The molecule has 0 spiro atoms. The summed E-state index contributed by atoms with van der Waals surface area (Å²) in [7, 11) is 3.85. The van der Waals surface area contributed by atoms with Gasteiger partial charge in [-0.3, -0.25) is 14.4 Å². The first-order valence-corrected chi connectivity index (χ1v) is 9.95. The zero-order chi connectivity index (χ0) is 20.4. The summed E-state index contributed by atoms with van der Waals surface area (Å²) in [6, 6.07) is 8.41. The van der Waals surface area contributed by atoms with E-state index >= 15 is 0 Å². The number of hydrogen-bond acceptors (Lipinski definition) is 7. The summed E-state index contributed by atoms with van der Waals surface area (Å²) in [5, 5.41) is 12.7. The van der Waals surface area contributed by atoms with Gasteiger partial charge >= 0.3 is 0 Å². The third-order valence-corrected chi connectivity index (χ3v) is 6.36. The molecule has 0 saturated carbocycles. The molecule has 3 aromatic rings. The molecule has 3 rings (SSSR count). The Morgan fingerprint density at radius 2 is 1.96 bits per heavy atom. The van der Waals surface area contributed by atoms with Crippen molar-refractivity contribution >= 4 is 56.5 Å². The van der Waals surface area contributed by atoms with Gasteiger partial charge in [-0.2, -0.15) is 0 Å². The number of rotatable bonds is 6. The van der Waals surface area contributed by atoms with E-state index in [4.69, 9.17) is 5.73 Å². The number of carbonyl (C=O) groups is 2. The number of benzene rings is 1. The van der Waals surface area contributed by atoms with Gasteiger partial charge in [0.05, 0.1) is 25.7 Å². The number of anilines is 2. The number of nitrogens with one attached hydrogen (secondary N) is 2. The van der Waals surface area contributed by atoms with Gasteiger partial charge in [0.25, 0.3) is 11.5 Å². The normalized spacial score (nSPS) is 10.8. The molecule has 2 amide bonds. The van der Waals surface area contributed by atoms with Gasteiger partial charge in [0.15, 0.2) is 0 Å². The standard InChI is InChI=1S/C18H18N4O4S2/c1-22(2)10-5-3-9(4-6-10)20-13(25)8-27-18-14(17(19)26)15-16(28-18)11(23)7-12(24)21-15/h3-7H,8H2,1-2H3,(H2,19,26)(H,20,25)(H2,21,23,24). The molecule has 10 heteroatoms. The van der Waals surface area contributed by atoms with Crippen LogP contribution in [0.25, 0.3) is 10.2 Å². The summed E-state index contributed by atoms with van der Waals surface area (Å²) in [5.74, 6) is -1.19. The first-order chi connectivity index (χ1) is 13.3. The minimum Gasteiger partial charge on any atom is -0.506 e. The van der Waals surface area contributed by atoms with Crippen LogP contribution in [0.5, 0.6) is 5.75 Å². The summed E-state index contributed by atoms with van der Waals surface area (Å²) in [6.07, 6.45) is 0.